The molecule has 2 heterocycles. The number of para-hydroxylation sites is 1. The second-order valence-electron chi connectivity index (χ2n) is 5.90. The molecule has 4 aromatic rings. The highest BCUT2D eigenvalue weighted by atomic mass is 32.2. The molecule has 0 aliphatic rings. The second-order valence-corrected chi connectivity index (χ2v) is 7.28. The number of nitrogens with zero attached hydrogens (tertiary/aromatic N) is 3. The number of aryl methyl sites for hydroxylation is 1. The van der Waals surface area contributed by atoms with Crippen molar-refractivity contribution >= 4 is 22.7 Å². The van der Waals surface area contributed by atoms with E-state index in [0.717, 1.165) is 21.4 Å². The Morgan fingerprint density at radius 1 is 0.960 bits per heavy atom. The fraction of sp³-hybridized carbons (Fsp3) is 0.150. The highest BCUT2D eigenvalue weighted by Crippen LogP contribution is 2.38. The van der Waals surface area contributed by atoms with Crippen LogP contribution in [-0.4, -0.2) is 15.2 Å². The first-order valence-electron chi connectivity index (χ1n) is 8.11. The SMILES string of the molecule is Cc1ccc(-c2nnc(C(C)Sc3ccnc4ccccc34)o2)cc1. The Balaban J connectivity index is 1.59. The van der Waals surface area contributed by atoms with Crippen LogP contribution in [0.15, 0.2) is 70.1 Å². The van der Waals surface area contributed by atoms with E-state index < -0.39 is 0 Å². The maximum Gasteiger partial charge on any atom is 0.247 e. The van der Waals surface area contributed by atoms with Gasteiger partial charge in [0.15, 0.2) is 0 Å². The fourth-order valence-electron chi connectivity index (χ4n) is 2.62. The number of rotatable bonds is 4. The molecule has 0 spiro atoms. The van der Waals surface area contributed by atoms with Gasteiger partial charge in [-0.3, -0.25) is 4.98 Å². The first-order valence-corrected chi connectivity index (χ1v) is 8.99. The highest BCUT2D eigenvalue weighted by Gasteiger charge is 2.17. The molecule has 124 valence electrons. The van der Waals surface area contributed by atoms with Crippen LogP contribution in [0.25, 0.3) is 22.4 Å². The van der Waals surface area contributed by atoms with Crippen LogP contribution >= 0.6 is 11.8 Å². The average Bonchev–Trinajstić information content (AvgIpc) is 3.13. The van der Waals surface area contributed by atoms with Crippen molar-refractivity contribution < 1.29 is 4.42 Å². The molecule has 0 aliphatic carbocycles. The van der Waals surface area contributed by atoms with Gasteiger partial charge < -0.3 is 4.42 Å². The van der Waals surface area contributed by atoms with Crippen molar-refractivity contribution in [1.29, 1.82) is 0 Å². The number of hydrogen-bond donors (Lipinski definition) is 0. The van der Waals surface area contributed by atoms with Crippen molar-refractivity contribution in [3.05, 3.63) is 72.2 Å². The molecular weight excluding hydrogens is 330 g/mol. The first kappa shape index (κ1) is 15.8. The average molecular weight is 347 g/mol. The molecule has 2 aromatic heterocycles. The third kappa shape index (κ3) is 3.28. The predicted octanol–water partition coefficient (Wildman–Crippen LogP) is 5.45. The van der Waals surface area contributed by atoms with Crippen LogP contribution in [-0.2, 0) is 0 Å². The molecule has 25 heavy (non-hydrogen) atoms. The van der Waals surface area contributed by atoms with E-state index in [-0.39, 0.29) is 5.25 Å². The van der Waals surface area contributed by atoms with Crippen LogP contribution in [0.5, 0.6) is 0 Å². The number of fused-ring (bicyclic) bond motifs is 1. The summed E-state index contributed by atoms with van der Waals surface area (Å²) in [4.78, 5) is 5.57. The van der Waals surface area contributed by atoms with Gasteiger partial charge in [0.2, 0.25) is 11.8 Å². The van der Waals surface area contributed by atoms with Gasteiger partial charge in [-0.05, 0) is 38.1 Å². The summed E-state index contributed by atoms with van der Waals surface area (Å²) >= 11 is 1.70. The second kappa shape index (κ2) is 6.69. The van der Waals surface area contributed by atoms with Gasteiger partial charge in [0.25, 0.3) is 0 Å². The molecule has 0 radical (unpaired) electrons. The quantitative estimate of drug-likeness (QED) is 0.460. The summed E-state index contributed by atoms with van der Waals surface area (Å²) in [6.07, 6.45) is 1.84. The minimum atomic E-state index is 0.0532. The minimum absolute atomic E-state index is 0.0532. The van der Waals surface area contributed by atoms with Gasteiger partial charge in [0.1, 0.15) is 0 Å². The van der Waals surface area contributed by atoms with E-state index in [1.807, 2.05) is 54.7 Å². The Morgan fingerprint density at radius 2 is 1.76 bits per heavy atom. The molecule has 4 nitrogen and oxygen atoms in total. The summed E-state index contributed by atoms with van der Waals surface area (Å²) in [5, 5.41) is 9.63. The van der Waals surface area contributed by atoms with E-state index in [1.54, 1.807) is 11.8 Å². The molecule has 1 atom stereocenters. The van der Waals surface area contributed by atoms with Gasteiger partial charge >= 0.3 is 0 Å². The van der Waals surface area contributed by atoms with Crippen molar-refractivity contribution in [2.45, 2.75) is 24.0 Å². The van der Waals surface area contributed by atoms with Crippen LogP contribution in [0, 0.1) is 6.92 Å². The number of benzene rings is 2. The topological polar surface area (TPSA) is 51.8 Å². The number of pyridine rings is 1. The van der Waals surface area contributed by atoms with Gasteiger partial charge in [-0.1, -0.05) is 35.9 Å². The predicted molar refractivity (Wildman–Crippen MR) is 100 cm³/mol. The standard InChI is InChI=1S/C20H17N3OS/c1-13-7-9-15(10-8-13)20-23-22-19(24-20)14(2)25-18-11-12-21-17-6-4-3-5-16(17)18/h3-12,14H,1-2H3. The van der Waals surface area contributed by atoms with Gasteiger partial charge in [-0.2, -0.15) is 0 Å². The van der Waals surface area contributed by atoms with Gasteiger partial charge in [0.05, 0.1) is 10.8 Å². The number of thioether (sulfide) groups is 1. The third-order valence-corrected chi connectivity index (χ3v) is 5.16. The smallest absolute Gasteiger partial charge is 0.247 e. The lowest BCUT2D eigenvalue weighted by Gasteiger charge is -2.09. The Kier molecular flexibility index (Phi) is 4.24. The zero-order chi connectivity index (χ0) is 17.2. The molecule has 1 unspecified atom stereocenters. The Labute approximate surface area is 150 Å². The highest BCUT2D eigenvalue weighted by molar-refractivity contribution is 7.99. The summed E-state index contributed by atoms with van der Waals surface area (Å²) in [7, 11) is 0. The summed E-state index contributed by atoms with van der Waals surface area (Å²) in [5.41, 5.74) is 3.14. The molecule has 0 fully saturated rings. The van der Waals surface area contributed by atoms with Crippen LogP contribution in [0.2, 0.25) is 0 Å². The van der Waals surface area contributed by atoms with E-state index in [1.165, 1.54) is 5.56 Å². The minimum Gasteiger partial charge on any atom is -0.419 e. The normalized spacial score (nSPS) is 12.4. The molecule has 5 heteroatoms. The van der Waals surface area contributed by atoms with Crippen LogP contribution in [0.4, 0.5) is 0 Å². The Bertz CT molecular complexity index is 1010. The first-order chi connectivity index (χ1) is 12.2. The molecule has 0 aliphatic heterocycles. The molecule has 4 rings (SSSR count). The van der Waals surface area contributed by atoms with Crippen molar-refractivity contribution in [3.8, 4) is 11.5 Å². The van der Waals surface area contributed by atoms with E-state index in [2.05, 4.69) is 35.1 Å². The van der Waals surface area contributed by atoms with Crippen molar-refractivity contribution in [2.75, 3.05) is 0 Å². The fourth-order valence-corrected chi connectivity index (χ4v) is 3.64. The van der Waals surface area contributed by atoms with Gasteiger partial charge in [-0.25, -0.2) is 0 Å². The Hall–Kier alpha value is -2.66. The van der Waals surface area contributed by atoms with Crippen molar-refractivity contribution in [3.63, 3.8) is 0 Å². The largest absolute Gasteiger partial charge is 0.419 e. The lowest BCUT2D eigenvalue weighted by Crippen LogP contribution is -1.90. The maximum atomic E-state index is 5.90. The molecule has 2 aromatic carbocycles. The zero-order valence-corrected chi connectivity index (χ0v) is 14.8. The van der Waals surface area contributed by atoms with E-state index in [4.69, 9.17) is 4.42 Å². The third-order valence-electron chi connectivity index (χ3n) is 4.00. The summed E-state index contributed by atoms with van der Waals surface area (Å²) < 4.78 is 5.90. The molecule has 0 N–H and O–H groups in total. The van der Waals surface area contributed by atoms with E-state index in [9.17, 15) is 0 Å². The maximum absolute atomic E-state index is 5.90. The molecular formula is C20H17N3OS. The Morgan fingerprint density at radius 3 is 2.60 bits per heavy atom. The lowest BCUT2D eigenvalue weighted by molar-refractivity contribution is 0.509. The summed E-state index contributed by atoms with van der Waals surface area (Å²) in [6, 6.07) is 18.2. The molecule has 0 saturated heterocycles. The molecule has 0 amide bonds. The van der Waals surface area contributed by atoms with Crippen molar-refractivity contribution in [2.24, 2.45) is 0 Å². The zero-order valence-electron chi connectivity index (χ0n) is 14.0. The van der Waals surface area contributed by atoms with Crippen LogP contribution < -0.4 is 0 Å². The van der Waals surface area contributed by atoms with Gasteiger partial charge in [0, 0.05) is 22.0 Å². The van der Waals surface area contributed by atoms with Crippen molar-refractivity contribution in [1.82, 2.24) is 15.2 Å². The summed E-state index contributed by atoms with van der Waals surface area (Å²) in [6.45, 7) is 4.13. The monoisotopic (exact) mass is 347 g/mol. The molecule has 0 bridgehead atoms. The lowest BCUT2D eigenvalue weighted by atomic mass is 10.1. The van der Waals surface area contributed by atoms with Crippen LogP contribution in [0.1, 0.15) is 23.6 Å². The van der Waals surface area contributed by atoms with Crippen LogP contribution in [0.3, 0.4) is 0 Å². The van der Waals surface area contributed by atoms with E-state index in [0.29, 0.717) is 11.8 Å². The number of hydrogen-bond acceptors (Lipinski definition) is 5. The summed E-state index contributed by atoms with van der Waals surface area (Å²) in [5.74, 6) is 1.18. The van der Waals surface area contributed by atoms with Gasteiger partial charge in [-0.15, -0.1) is 22.0 Å². The molecule has 0 saturated carbocycles. The number of aromatic nitrogens is 3. The van der Waals surface area contributed by atoms with E-state index >= 15 is 0 Å².